The Kier molecular flexibility index (Phi) is 6.60. The number of carbonyl (C=O) groups is 2. The summed E-state index contributed by atoms with van der Waals surface area (Å²) in [5.74, 6) is -0.0621. The first kappa shape index (κ1) is 14.5. The smallest absolute Gasteiger partial charge is 0.232 e. The first-order valence-electron chi connectivity index (χ1n) is 4.99. The van der Waals surface area contributed by atoms with Crippen LogP contribution in [0.4, 0.5) is 0 Å². The van der Waals surface area contributed by atoms with Crippen LogP contribution in [0.1, 0.15) is 26.7 Å². The van der Waals surface area contributed by atoms with Gasteiger partial charge in [-0.1, -0.05) is 12.8 Å². The number of hydrogen-bond donors (Lipinski definition) is 1. The average molecular weight is 232 g/mol. The Morgan fingerprint density at radius 2 is 1.80 bits per heavy atom. The van der Waals surface area contributed by atoms with Crippen LogP contribution < -0.4 is 0 Å². The number of nitrogens with zero attached hydrogens (tertiary/aromatic N) is 2. The third-order valence-electron chi connectivity index (χ3n) is 2.30. The molecule has 88 valence electrons. The van der Waals surface area contributed by atoms with Gasteiger partial charge in [0.25, 0.3) is 0 Å². The van der Waals surface area contributed by atoms with Crippen molar-refractivity contribution in [3.8, 4) is 0 Å². The first-order chi connectivity index (χ1) is 6.84. The summed E-state index contributed by atoms with van der Waals surface area (Å²) in [7, 11) is 3.90. The molecule has 0 aliphatic heterocycles. The quantitative estimate of drug-likeness (QED) is 0.694. The Morgan fingerprint density at radius 1 is 1.27 bits per heavy atom. The van der Waals surface area contributed by atoms with Crippen LogP contribution in [0.3, 0.4) is 0 Å². The van der Waals surface area contributed by atoms with Gasteiger partial charge in [0.15, 0.2) is 0 Å². The van der Waals surface area contributed by atoms with E-state index in [1.807, 2.05) is 25.9 Å². The molecule has 1 amide bonds. The van der Waals surface area contributed by atoms with Crippen LogP contribution in [-0.2, 0) is 9.59 Å². The van der Waals surface area contributed by atoms with Crippen LogP contribution in [0.25, 0.3) is 0 Å². The van der Waals surface area contributed by atoms with Gasteiger partial charge in [0.2, 0.25) is 5.91 Å². The maximum atomic E-state index is 11.5. The summed E-state index contributed by atoms with van der Waals surface area (Å²) in [6.45, 7) is 4.06. The second-order valence-electron chi connectivity index (χ2n) is 3.99. The van der Waals surface area contributed by atoms with Crippen molar-refractivity contribution in [3.05, 3.63) is 0 Å². The number of amides is 1. The number of carbonyl (C=O) groups excluding carboxylic acids is 2. The van der Waals surface area contributed by atoms with Crippen LogP contribution in [0.15, 0.2) is 0 Å². The van der Waals surface area contributed by atoms with E-state index in [0.29, 0.717) is 13.0 Å². The van der Waals surface area contributed by atoms with Crippen molar-refractivity contribution in [1.29, 1.82) is 0 Å². The van der Waals surface area contributed by atoms with E-state index >= 15 is 0 Å². The standard InChI is InChI=1S/C10H20N2O2S/c1-8(11(3)4)7-12(15)10(14)6-5-9(2)13/h8,15H,5-7H2,1-4H3. The van der Waals surface area contributed by atoms with E-state index in [0.717, 1.165) is 0 Å². The van der Waals surface area contributed by atoms with Gasteiger partial charge < -0.3 is 9.69 Å². The lowest BCUT2D eigenvalue weighted by atomic mass is 10.2. The van der Waals surface area contributed by atoms with Crippen molar-refractivity contribution in [3.63, 3.8) is 0 Å². The summed E-state index contributed by atoms with van der Waals surface area (Å²) in [5, 5.41) is 0. The van der Waals surface area contributed by atoms with E-state index in [-0.39, 0.29) is 24.2 Å². The summed E-state index contributed by atoms with van der Waals surface area (Å²) >= 11 is 4.11. The van der Waals surface area contributed by atoms with Crippen molar-refractivity contribution in [2.45, 2.75) is 32.7 Å². The zero-order valence-corrected chi connectivity index (χ0v) is 10.8. The van der Waals surface area contributed by atoms with Gasteiger partial charge in [-0.3, -0.25) is 9.10 Å². The molecule has 0 fully saturated rings. The zero-order valence-electron chi connectivity index (χ0n) is 9.86. The number of rotatable bonds is 6. The molecule has 0 saturated carbocycles. The summed E-state index contributed by atoms with van der Waals surface area (Å²) in [6.07, 6.45) is 0.547. The fraction of sp³-hybridized carbons (Fsp3) is 0.800. The maximum Gasteiger partial charge on any atom is 0.232 e. The predicted octanol–water partition coefficient (Wildman–Crippen LogP) is 0.979. The molecule has 1 atom stereocenters. The third kappa shape index (κ3) is 6.52. The summed E-state index contributed by atoms with van der Waals surface area (Å²) < 4.78 is 1.38. The second kappa shape index (κ2) is 6.85. The molecule has 0 saturated heterocycles. The number of ketones is 1. The Morgan fingerprint density at radius 3 is 2.20 bits per heavy atom. The van der Waals surface area contributed by atoms with Gasteiger partial charge in [-0.25, -0.2) is 0 Å². The van der Waals surface area contributed by atoms with Gasteiger partial charge in [0.1, 0.15) is 5.78 Å². The first-order valence-corrected chi connectivity index (χ1v) is 5.39. The summed E-state index contributed by atoms with van der Waals surface area (Å²) in [5.41, 5.74) is 0. The lowest BCUT2D eigenvalue weighted by molar-refractivity contribution is -0.128. The van der Waals surface area contributed by atoms with E-state index in [1.54, 1.807) is 0 Å². The Bertz CT molecular complexity index is 231. The van der Waals surface area contributed by atoms with Gasteiger partial charge in [-0.05, 0) is 27.9 Å². The molecule has 0 spiro atoms. The molecule has 0 aromatic rings. The fourth-order valence-corrected chi connectivity index (χ4v) is 1.26. The molecule has 0 aliphatic carbocycles. The number of likely N-dealkylation sites (N-methyl/N-ethyl adjacent to an activating group) is 1. The van der Waals surface area contributed by atoms with Gasteiger partial charge >= 0.3 is 0 Å². The number of thiol groups is 1. The van der Waals surface area contributed by atoms with Crippen LogP contribution in [0, 0.1) is 0 Å². The largest absolute Gasteiger partial charge is 0.305 e. The molecule has 0 aliphatic rings. The lowest BCUT2D eigenvalue weighted by Gasteiger charge is -2.24. The normalized spacial score (nSPS) is 12.7. The highest BCUT2D eigenvalue weighted by Gasteiger charge is 2.14. The van der Waals surface area contributed by atoms with Crippen molar-refractivity contribution in [1.82, 2.24) is 9.21 Å². The Hall–Kier alpha value is -0.550. The summed E-state index contributed by atoms with van der Waals surface area (Å²) in [6, 6.07) is 0.253. The molecule has 0 N–H and O–H groups in total. The van der Waals surface area contributed by atoms with Gasteiger partial charge in [0, 0.05) is 25.4 Å². The number of Topliss-reactive ketones (excluding diaryl/α,β-unsaturated/α-hetero) is 1. The Balaban J connectivity index is 3.93. The lowest BCUT2D eigenvalue weighted by Crippen LogP contribution is -2.37. The minimum Gasteiger partial charge on any atom is -0.305 e. The van der Waals surface area contributed by atoms with E-state index in [2.05, 4.69) is 12.8 Å². The monoisotopic (exact) mass is 232 g/mol. The van der Waals surface area contributed by atoms with Crippen LogP contribution in [-0.4, -0.2) is 47.6 Å². The topological polar surface area (TPSA) is 40.6 Å². The molecule has 0 aromatic heterocycles. The molecular weight excluding hydrogens is 212 g/mol. The van der Waals surface area contributed by atoms with Crippen molar-refractivity contribution in [2.24, 2.45) is 0 Å². The van der Waals surface area contributed by atoms with Crippen molar-refractivity contribution in [2.75, 3.05) is 20.6 Å². The molecule has 0 radical (unpaired) electrons. The summed E-state index contributed by atoms with van der Waals surface area (Å²) in [4.78, 5) is 24.2. The van der Waals surface area contributed by atoms with Crippen molar-refractivity contribution >= 4 is 24.5 Å². The van der Waals surface area contributed by atoms with E-state index < -0.39 is 0 Å². The molecular formula is C10H20N2O2S. The molecule has 1 unspecified atom stereocenters. The highest BCUT2D eigenvalue weighted by Crippen LogP contribution is 2.05. The average Bonchev–Trinajstić information content (AvgIpc) is 2.13. The molecule has 15 heavy (non-hydrogen) atoms. The highest BCUT2D eigenvalue weighted by atomic mass is 32.1. The second-order valence-corrected chi connectivity index (χ2v) is 4.47. The van der Waals surface area contributed by atoms with E-state index in [9.17, 15) is 9.59 Å². The molecule has 0 rings (SSSR count). The minimum atomic E-state index is -0.0952. The predicted molar refractivity (Wildman–Crippen MR) is 63.8 cm³/mol. The Labute approximate surface area is 97.2 Å². The molecule has 0 heterocycles. The molecule has 0 bridgehead atoms. The van der Waals surface area contributed by atoms with Crippen LogP contribution >= 0.6 is 12.8 Å². The molecule has 4 nitrogen and oxygen atoms in total. The highest BCUT2D eigenvalue weighted by molar-refractivity contribution is 7.78. The molecule has 0 aromatic carbocycles. The minimum absolute atomic E-state index is 0.0331. The maximum absolute atomic E-state index is 11.5. The van der Waals surface area contributed by atoms with Gasteiger partial charge in [0.05, 0.1) is 0 Å². The van der Waals surface area contributed by atoms with E-state index in [1.165, 1.54) is 11.2 Å². The third-order valence-corrected chi connectivity index (χ3v) is 2.68. The van der Waals surface area contributed by atoms with Crippen LogP contribution in [0.2, 0.25) is 0 Å². The fourth-order valence-electron chi connectivity index (χ4n) is 0.927. The number of hydrogen-bond acceptors (Lipinski definition) is 4. The van der Waals surface area contributed by atoms with Crippen LogP contribution in [0.5, 0.6) is 0 Å². The van der Waals surface area contributed by atoms with Gasteiger partial charge in [-0.2, -0.15) is 0 Å². The van der Waals surface area contributed by atoms with E-state index in [4.69, 9.17) is 0 Å². The SMILES string of the molecule is CC(=O)CCC(=O)N(S)CC(C)N(C)C. The van der Waals surface area contributed by atoms with Crippen molar-refractivity contribution < 1.29 is 9.59 Å². The molecule has 5 heteroatoms. The zero-order chi connectivity index (χ0) is 12.0. The van der Waals surface area contributed by atoms with Gasteiger partial charge in [-0.15, -0.1) is 0 Å².